The molecule has 1 aromatic rings. The van der Waals surface area contributed by atoms with E-state index in [1.807, 2.05) is 4.90 Å². The number of likely N-dealkylation sites (tertiary alicyclic amines) is 1. The summed E-state index contributed by atoms with van der Waals surface area (Å²) in [6, 6.07) is -0.556. The zero-order valence-electron chi connectivity index (χ0n) is 7.81. The average Bonchev–Trinajstić information content (AvgIpc) is 2.75. The minimum absolute atomic E-state index is 0.556. The number of hydrogen-bond acceptors (Lipinski definition) is 3. The van der Waals surface area contributed by atoms with Crippen molar-refractivity contribution < 1.29 is 9.90 Å². The lowest BCUT2D eigenvalue weighted by Gasteiger charge is -2.22. The first-order valence-corrected chi connectivity index (χ1v) is 4.74. The third kappa shape index (κ3) is 1.63. The molecule has 0 spiro atoms. The van der Waals surface area contributed by atoms with E-state index in [0.717, 1.165) is 25.9 Å². The number of aromatic amines is 1. The van der Waals surface area contributed by atoms with Gasteiger partial charge in [-0.25, -0.2) is 4.98 Å². The molecule has 0 bridgehead atoms. The number of carboxylic acid groups (broad SMARTS) is 1. The summed E-state index contributed by atoms with van der Waals surface area (Å²) >= 11 is 0. The number of nitrogens with zero attached hydrogens (tertiary/aromatic N) is 2. The standard InChI is InChI=1S/C9H13N3O2/c13-9(14)8(7-5-10-6-11-7)12-3-1-2-4-12/h5-6,8H,1-4H2,(H,10,11)(H,13,14). The number of aliphatic carboxylic acids is 1. The number of aromatic nitrogens is 2. The molecule has 0 amide bonds. The highest BCUT2D eigenvalue weighted by Crippen LogP contribution is 2.23. The summed E-state index contributed by atoms with van der Waals surface area (Å²) in [5.74, 6) is -0.809. The van der Waals surface area contributed by atoms with Gasteiger partial charge >= 0.3 is 5.97 Å². The van der Waals surface area contributed by atoms with Crippen molar-refractivity contribution in [2.45, 2.75) is 18.9 Å². The van der Waals surface area contributed by atoms with Crippen molar-refractivity contribution in [1.82, 2.24) is 14.9 Å². The van der Waals surface area contributed by atoms with Crippen LogP contribution in [0.5, 0.6) is 0 Å². The minimum Gasteiger partial charge on any atom is -0.480 e. The maximum atomic E-state index is 11.1. The van der Waals surface area contributed by atoms with Crippen LogP contribution in [0.2, 0.25) is 0 Å². The monoisotopic (exact) mass is 195 g/mol. The molecule has 1 aromatic heterocycles. The van der Waals surface area contributed by atoms with E-state index in [1.165, 1.54) is 6.33 Å². The second kappa shape index (κ2) is 3.79. The predicted octanol–water partition coefficient (Wildman–Crippen LogP) is 0.631. The maximum Gasteiger partial charge on any atom is 0.327 e. The number of H-pyrrole nitrogens is 1. The Balaban J connectivity index is 2.19. The molecular formula is C9H13N3O2. The van der Waals surface area contributed by atoms with Gasteiger partial charge in [-0.2, -0.15) is 0 Å². The van der Waals surface area contributed by atoms with Crippen LogP contribution < -0.4 is 0 Å². The van der Waals surface area contributed by atoms with E-state index in [9.17, 15) is 4.79 Å². The van der Waals surface area contributed by atoms with Crippen LogP contribution in [0.4, 0.5) is 0 Å². The van der Waals surface area contributed by atoms with Crippen molar-refractivity contribution in [3.8, 4) is 0 Å². The molecule has 5 heteroatoms. The third-order valence-electron chi connectivity index (χ3n) is 2.55. The van der Waals surface area contributed by atoms with Gasteiger partial charge in [0.25, 0.3) is 0 Å². The fourth-order valence-corrected chi connectivity index (χ4v) is 1.90. The SMILES string of the molecule is O=C(O)C(c1cnc[nH]1)N1CCCC1. The number of carbonyl (C=O) groups is 1. The molecule has 14 heavy (non-hydrogen) atoms. The summed E-state index contributed by atoms with van der Waals surface area (Å²) in [4.78, 5) is 19.8. The zero-order valence-corrected chi connectivity index (χ0v) is 7.81. The Hall–Kier alpha value is -1.36. The molecule has 0 saturated carbocycles. The molecule has 5 nitrogen and oxygen atoms in total. The smallest absolute Gasteiger partial charge is 0.327 e. The van der Waals surface area contributed by atoms with Crippen molar-refractivity contribution in [3.05, 3.63) is 18.2 Å². The van der Waals surface area contributed by atoms with E-state index in [0.29, 0.717) is 5.69 Å². The number of carboxylic acids is 1. The average molecular weight is 195 g/mol. The molecule has 1 fully saturated rings. The number of hydrogen-bond donors (Lipinski definition) is 2. The molecule has 1 atom stereocenters. The summed E-state index contributed by atoms with van der Waals surface area (Å²) < 4.78 is 0. The fraction of sp³-hybridized carbons (Fsp3) is 0.556. The topological polar surface area (TPSA) is 69.2 Å². The largest absolute Gasteiger partial charge is 0.480 e. The number of rotatable bonds is 3. The first-order chi connectivity index (χ1) is 6.79. The second-order valence-electron chi connectivity index (χ2n) is 3.49. The molecule has 2 N–H and O–H groups in total. The maximum absolute atomic E-state index is 11.1. The van der Waals surface area contributed by atoms with Gasteiger partial charge in [0, 0.05) is 0 Å². The highest BCUT2D eigenvalue weighted by atomic mass is 16.4. The Morgan fingerprint density at radius 3 is 2.79 bits per heavy atom. The first-order valence-electron chi connectivity index (χ1n) is 4.74. The molecular weight excluding hydrogens is 182 g/mol. The van der Waals surface area contributed by atoms with E-state index in [2.05, 4.69) is 9.97 Å². The first kappa shape index (κ1) is 9.21. The van der Waals surface area contributed by atoms with Crippen LogP contribution in [0.15, 0.2) is 12.5 Å². The summed E-state index contributed by atoms with van der Waals surface area (Å²) in [6.07, 6.45) is 5.26. The van der Waals surface area contributed by atoms with E-state index in [-0.39, 0.29) is 0 Å². The van der Waals surface area contributed by atoms with Crippen molar-refractivity contribution in [3.63, 3.8) is 0 Å². The van der Waals surface area contributed by atoms with Crippen LogP contribution in [0.3, 0.4) is 0 Å². The normalized spacial score (nSPS) is 19.7. The lowest BCUT2D eigenvalue weighted by Crippen LogP contribution is -2.31. The van der Waals surface area contributed by atoms with E-state index < -0.39 is 12.0 Å². The Morgan fingerprint density at radius 2 is 2.29 bits per heavy atom. The fourth-order valence-electron chi connectivity index (χ4n) is 1.90. The lowest BCUT2D eigenvalue weighted by molar-refractivity contribution is -0.143. The van der Waals surface area contributed by atoms with Crippen LogP contribution >= 0.6 is 0 Å². The summed E-state index contributed by atoms with van der Waals surface area (Å²) in [5, 5.41) is 9.12. The van der Waals surface area contributed by atoms with Crippen LogP contribution in [-0.4, -0.2) is 39.0 Å². The molecule has 1 aliphatic heterocycles. The van der Waals surface area contributed by atoms with Gasteiger partial charge in [-0.15, -0.1) is 0 Å². The van der Waals surface area contributed by atoms with Gasteiger partial charge in [0.1, 0.15) is 0 Å². The molecule has 1 unspecified atom stereocenters. The van der Waals surface area contributed by atoms with Crippen LogP contribution in [0.1, 0.15) is 24.6 Å². The van der Waals surface area contributed by atoms with Crippen LogP contribution in [0, 0.1) is 0 Å². The van der Waals surface area contributed by atoms with Crippen LogP contribution in [0.25, 0.3) is 0 Å². The lowest BCUT2D eigenvalue weighted by atomic mass is 10.2. The zero-order chi connectivity index (χ0) is 9.97. The molecule has 0 aliphatic carbocycles. The Labute approximate surface area is 81.8 Å². The molecule has 2 heterocycles. The van der Waals surface area contributed by atoms with Crippen molar-refractivity contribution >= 4 is 5.97 Å². The van der Waals surface area contributed by atoms with Crippen LogP contribution in [-0.2, 0) is 4.79 Å². The molecule has 0 aromatic carbocycles. The van der Waals surface area contributed by atoms with Gasteiger partial charge in [-0.1, -0.05) is 0 Å². The molecule has 1 aliphatic rings. The van der Waals surface area contributed by atoms with E-state index >= 15 is 0 Å². The van der Waals surface area contributed by atoms with Gasteiger partial charge in [-0.05, 0) is 25.9 Å². The Bertz CT molecular complexity index is 304. The molecule has 1 saturated heterocycles. The minimum atomic E-state index is -0.809. The Morgan fingerprint density at radius 1 is 1.57 bits per heavy atom. The van der Waals surface area contributed by atoms with Gasteiger partial charge in [0.15, 0.2) is 6.04 Å². The number of nitrogens with one attached hydrogen (secondary N) is 1. The second-order valence-corrected chi connectivity index (χ2v) is 3.49. The number of imidazole rings is 1. The Kier molecular flexibility index (Phi) is 2.49. The predicted molar refractivity (Wildman–Crippen MR) is 49.8 cm³/mol. The summed E-state index contributed by atoms with van der Waals surface area (Å²) in [5.41, 5.74) is 0.666. The van der Waals surface area contributed by atoms with Gasteiger partial charge in [-0.3, -0.25) is 9.69 Å². The van der Waals surface area contributed by atoms with Crippen molar-refractivity contribution in [2.24, 2.45) is 0 Å². The third-order valence-corrected chi connectivity index (χ3v) is 2.55. The highest BCUT2D eigenvalue weighted by Gasteiger charge is 2.30. The van der Waals surface area contributed by atoms with E-state index in [4.69, 9.17) is 5.11 Å². The summed E-state index contributed by atoms with van der Waals surface area (Å²) in [7, 11) is 0. The van der Waals surface area contributed by atoms with Gasteiger partial charge in [0.2, 0.25) is 0 Å². The van der Waals surface area contributed by atoms with E-state index in [1.54, 1.807) is 6.20 Å². The molecule has 0 radical (unpaired) electrons. The molecule has 76 valence electrons. The summed E-state index contributed by atoms with van der Waals surface area (Å²) in [6.45, 7) is 1.71. The van der Waals surface area contributed by atoms with Gasteiger partial charge in [0.05, 0.1) is 18.2 Å². The van der Waals surface area contributed by atoms with Crippen molar-refractivity contribution in [1.29, 1.82) is 0 Å². The van der Waals surface area contributed by atoms with Gasteiger partial charge < -0.3 is 10.1 Å². The quantitative estimate of drug-likeness (QED) is 0.742. The van der Waals surface area contributed by atoms with Crippen molar-refractivity contribution in [2.75, 3.05) is 13.1 Å². The molecule has 2 rings (SSSR count). The highest BCUT2D eigenvalue weighted by molar-refractivity contribution is 5.74.